The first-order valence-electron chi connectivity index (χ1n) is 6.48. The van der Waals surface area contributed by atoms with Gasteiger partial charge in [-0.25, -0.2) is 9.18 Å². The zero-order valence-electron chi connectivity index (χ0n) is 11.9. The first-order valence-corrected chi connectivity index (χ1v) is 6.48. The molecule has 0 radical (unpaired) electrons. The van der Waals surface area contributed by atoms with Gasteiger partial charge in [0, 0.05) is 19.7 Å². The summed E-state index contributed by atoms with van der Waals surface area (Å²) in [5.41, 5.74) is -0.0253. The van der Waals surface area contributed by atoms with Gasteiger partial charge in [0.2, 0.25) is 0 Å². The summed E-state index contributed by atoms with van der Waals surface area (Å²) in [7, 11) is 2.83. The Labute approximate surface area is 123 Å². The van der Waals surface area contributed by atoms with Crippen molar-refractivity contribution in [3.05, 3.63) is 56.6 Å². The molecule has 2 heterocycles. The zero-order chi connectivity index (χ0) is 16.0. The molecule has 3 rings (SSSR count). The molecule has 1 aromatic carbocycles. The number of hydrogen-bond donors (Lipinski definition) is 1. The van der Waals surface area contributed by atoms with E-state index in [4.69, 9.17) is 0 Å². The molecule has 0 bridgehead atoms. The minimum Gasteiger partial charge on any atom is -0.350 e. The molecule has 6 nitrogen and oxygen atoms in total. The van der Waals surface area contributed by atoms with Crippen LogP contribution in [0, 0.1) is 5.82 Å². The van der Waals surface area contributed by atoms with Crippen LogP contribution in [0.3, 0.4) is 0 Å². The van der Waals surface area contributed by atoms with Gasteiger partial charge >= 0.3 is 5.69 Å². The third-order valence-electron chi connectivity index (χ3n) is 3.66. The molecule has 0 fully saturated rings. The molecule has 0 aliphatic heterocycles. The van der Waals surface area contributed by atoms with Crippen molar-refractivity contribution < 1.29 is 9.18 Å². The fourth-order valence-electron chi connectivity index (χ4n) is 2.59. The van der Waals surface area contributed by atoms with Crippen LogP contribution in [0.4, 0.5) is 4.39 Å². The molecule has 0 amide bonds. The summed E-state index contributed by atoms with van der Waals surface area (Å²) in [6.07, 6.45) is 0.532. The van der Waals surface area contributed by atoms with Gasteiger partial charge in [-0.15, -0.1) is 0 Å². The van der Waals surface area contributed by atoms with Gasteiger partial charge in [0.05, 0.1) is 16.6 Å². The second-order valence-electron chi connectivity index (χ2n) is 4.97. The molecule has 22 heavy (non-hydrogen) atoms. The van der Waals surface area contributed by atoms with Crippen molar-refractivity contribution in [2.45, 2.75) is 0 Å². The topological polar surface area (TPSA) is 76.9 Å². The lowest BCUT2D eigenvalue weighted by Gasteiger charge is -2.05. The molecule has 0 saturated heterocycles. The predicted octanol–water partition coefficient (Wildman–Crippen LogP) is 1.18. The van der Waals surface area contributed by atoms with Crippen molar-refractivity contribution in [3.8, 4) is 11.3 Å². The standard InChI is InChI=1S/C15H12FN3O3/c1-18-13-10(7-20)17-12(8-4-3-5-9(16)6-8)11(13)14(21)19(2)15(18)22/h3-7,17H,1-2H3. The second-order valence-corrected chi connectivity index (χ2v) is 4.97. The molecule has 112 valence electrons. The minimum atomic E-state index is -0.540. The van der Waals surface area contributed by atoms with Crippen molar-refractivity contribution in [3.63, 3.8) is 0 Å². The van der Waals surface area contributed by atoms with Gasteiger partial charge in [0.15, 0.2) is 6.29 Å². The van der Waals surface area contributed by atoms with Gasteiger partial charge in [-0.2, -0.15) is 0 Å². The zero-order valence-corrected chi connectivity index (χ0v) is 11.9. The smallest absolute Gasteiger partial charge is 0.331 e. The second kappa shape index (κ2) is 4.80. The van der Waals surface area contributed by atoms with Crippen LogP contribution < -0.4 is 11.2 Å². The number of rotatable bonds is 2. The fourth-order valence-corrected chi connectivity index (χ4v) is 2.59. The highest BCUT2D eigenvalue weighted by Crippen LogP contribution is 2.27. The van der Waals surface area contributed by atoms with Crippen LogP contribution in [0.25, 0.3) is 22.2 Å². The third-order valence-corrected chi connectivity index (χ3v) is 3.66. The number of benzene rings is 1. The summed E-state index contributed by atoms with van der Waals surface area (Å²) >= 11 is 0. The van der Waals surface area contributed by atoms with Crippen LogP contribution in [0.5, 0.6) is 0 Å². The molecular formula is C15H12FN3O3. The summed E-state index contributed by atoms with van der Waals surface area (Å²) < 4.78 is 15.6. The number of aromatic amines is 1. The summed E-state index contributed by atoms with van der Waals surface area (Å²) in [6.45, 7) is 0. The predicted molar refractivity (Wildman–Crippen MR) is 79.6 cm³/mol. The van der Waals surface area contributed by atoms with Gasteiger partial charge in [-0.1, -0.05) is 12.1 Å². The van der Waals surface area contributed by atoms with Crippen LogP contribution in [-0.4, -0.2) is 20.4 Å². The van der Waals surface area contributed by atoms with Gasteiger partial charge in [-0.05, 0) is 12.1 Å². The number of nitrogens with one attached hydrogen (secondary N) is 1. The number of aromatic nitrogens is 3. The first-order chi connectivity index (χ1) is 10.5. The van der Waals surface area contributed by atoms with Gasteiger partial charge < -0.3 is 4.98 Å². The molecule has 0 aliphatic carbocycles. The lowest BCUT2D eigenvalue weighted by atomic mass is 10.1. The molecule has 3 aromatic rings. The van der Waals surface area contributed by atoms with Crippen LogP contribution in [0.15, 0.2) is 33.9 Å². The van der Waals surface area contributed by atoms with E-state index in [0.29, 0.717) is 17.5 Å². The largest absolute Gasteiger partial charge is 0.350 e. The van der Waals surface area contributed by atoms with Crippen LogP contribution in [0.1, 0.15) is 10.5 Å². The van der Waals surface area contributed by atoms with E-state index in [1.807, 2.05) is 0 Å². The van der Waals surface area contributed by atoms with E-state index >= 15 is 0 Å². The molecule has 0 saturated carbocycles. The monoisotopic (exact) mass is 301 g/mol. The average Bonchev–Trinajstić information content (AvgIpc) is 2.90. The fraction of sp³-hybridized carbons (Fsp3) is 0.133. The summed E-state index contributed by atoms with van der Waals surface area (Å²) in [5, 5.41) is 0.178. The van der Waals surface area contributed by atoms with Crippen LogP contribution in [0.2, 0.25) is 0 Å². The number of H-pyrrole nitrogens is 1. The number of hydrogen-bond acceptors (Lipinski definition) is 3. The number of halogens is 1. The van der Waals surface area contributed by atoms with Crippen molar-refractivity contribution in [1.29, 1.82) is 0 Å². The molecule has 7 heteroatoms. The van der Waals surface area contributed by atoms with Crippen molar-refractivity contribution >= 4 is 17.2 Å². The molecular weight excluding hydrogens is 289 g/mol. The summed E-state index contributed by atoms with van der Waals surface area (Å²) in [5.74, 6) is -0.463. The lowest BCUT2D eigenvalue weighted by molar-refractivity contribution is 0.112. The number of fused-ring (bicyclic) bond motifs is 1. The Bertz CT molecular complexity index is 1030. The van der Waals surface area contributed by atoms with E-state index in [2.05, 4.69) is 4.98 Å². The van der Waals surface area contributed by atoms with E-state index < -0.39 is 17.1 Å². The highest BCUT2D eigenvalue weighted by atomic mass is 19.1. The number of carbonyl (C=O) groups is 1. The maximum Gasteiger partial charge on any atom is 0.331 e. The number of carbonyl (C=O) groups excluding carboxylic acids is 1. The maximum absolute atomic E-state index is 13.4. The van der Waals surface area contributed by atoms with E-state index in [1.165, 1.54) is 36.9 Å². The highest BCUT2D eigenvalue weighted by Gasteiger charge is 2.20. The number of aryl methyl sites for hydroxylation is 1. The minimum absolute atomic E-state index is 0.103. The lowest BCUT2D eigenvalue weighted by Crippen LogP contribution is -2.36. The van der Waals surface area contributed by atoms with Gasteiger partial charge in [-0.3, -0.25) is 18.7 Å². The van der Waals surface area contributed by atoms with Crippen molar-refractivity contribution in [2.24, 2.45) is 14.1 Å². The van der Waals surface area contributed by atoms with Gasteiger partial charge in [0.25, 0.3) is 5.56 Å². The Kier molecular flexibility index (Phi) is 3.05. The van der Waals surface area contributed by atoms with E-state index in [-0.39, 0.29) is 16.6 Å². The quantitative estimate of drug-likeness (QED) is 0.722. The number of nitrogens with zero attached hydrogens (tertiary/aromatic N) is 2. The SMILES string of the molecule is Cn1c(=O)c2c(-c3cccc(F)c3)[nH]c(C=O)c2n(C)c1=O. The van der Waals surface area contributed by atoms with E-state index in [9.17, 15) is 18.8 Å². The third kappa shape index (κ3) is 1.82. The van der Waals surface area contributed by atoms with Crippen molar-refractivity contribution in [1.82, 2.24) is 14.1 Å². The number of aldehydes is 1. The molecule has 0 spiro atoms. The molecule has 0 aliphatic rings. The Morgan fingerprint density at radius 2 is 1.91 bits per heavy atom. The molecule has 1 N–H and O–H groups in total. The molecule has 2 aromatic heterocycles. The average molecular weight is 301 g/mol. The van der Waals surface area contributed by atoms with Crippen molar-refractivity contribution in [2.75, 3.05) is 0 Å². The molecule has 0 unspecified atom stereocenters. The molecule has 0 atom stereocenters. The Hall–Kier alpha value is -2.96. The maximum atomic E-state index is 13.4. The summed E-state index contributed by atoms with van der Waals surface area (Å²) in [4.78, 5) is 38.5. The van der Waals surface area contributed by atoms with Crippen LogP contribution >= 0.6 is 0 Å². The normalized spacial score (nSPS) is 11.0. The highest BCUT2D eigenvalue weighted by molar-refractivity contribution is 6.02. The van der Waals surface area contributed by atoms with Crippen LogP contribution in [-0.2, 0) is 14.1 Å². The Balaban J connectivity index is 2.56. The van der Waals surface area contributed by atoms with Gasteiger partial charge in [0.1, 0.15) is 11.5 Å². The first kappa shape index (κ1) is 14.0. The van der Waals surface area contributed by atoms with E-state index in [1.54, 1.807) is 6.07 Å². The summed E-state index contributed by atoms with van der Waals surface area (Å²) in [6, 6.07) is 5.66. The van der Waals surface area contributed by atoms with E-state index in [0.717, 1.165) is 4.57 Å². The Morgan fingerprint density at radius 3 is 2.55 bits per heavy atom. The Morgan fingerprint density at radius 1 is 1.18 bits per heavy atom.